The Kier molecular flexibility index (Phi) is 17.0. The molecule has 1 aromatic carbocycles. The molecule has 0 aliphatic carbocycles. The molecule has 0 unspecified atom stereocenters. The summed E-state index contributed by atoms with van der Waals surface area (Å²) in [7, 11) is 0. The van der Waals surface area contributed by atoms with Crippen molar-refractivity contribution in [2.24, 2.45) is 5.41 Å². The number of carbonyl (C=O) groups excluding carboxylic acids is 2. The highest BCUT2D eigenvalue weighted by atomic mass is 19.2. The van der Waals surface area contributed by atoms with Crippen molar-refractivity contribution in [2.75, 3.05) is 6.61 Å². The van der Waals surface area contributed by atoms with Crippen molar-refractivity contribution in [3.8, 4) is 0 Å². The highest BCUT2D eigenvalue weighted by Gasteiger charge is 2.40. The minimum atomic E-state index is -2.31. The minimum Gasteiger partial charge on any atom is -0.465 e. The van der Waals surface area contributed by atoms with E-state index < -0.39 is 58.6 Å². The van der Waals surface area contributed by atoms with Crippen LogP contribution in [0.3, 0.4) is 0 Å². The van der Waals surface area contributed by atoms with E-state index in [1.54, 1.807) is 0 Å². The molecule has 0 spiro atoms. The first kappa shape index (κ1) is 34.8. The number of carbonyl (C=O) groups is 2. The summed E-state index contributed by atoms with van der Waals surface area (Å²) in [6.45, 7) is 3.51. The lowest BCUT2D eigenvalue weighted by Crippen LogP contribution is -2.36. The van der Waals surface area contributed by atoms with Crippen molar-refractivity contribution in [3.63, 3.8) is 0 Å². The van der Waals surface area contributed by atoms with Gasteiger partial charge >= 0.3 is 11.9 Å². The van der Waals surface area contributed by atoms with Crippen molar-refractivity contribution in [2.45, 2.75) is 130 Å². The second-order valence-corrected chi connectivity index (χ2v) is 10.7. The monoisotopic (exact) mass is 564 g/mol. The van der Waals surface area contributed by atoms with Crippen LogP contribution in [-0.2, 0) is 25.7 Å². The second-order valence-electron chi connectivity index (χ2n) is 10.7. The number of ether oxygens (including phenoxy) is 2. The molecule has 0 saturated carbocycles. The summed E-state index contributed by atoms with van der Waals surface area (Å²) in [6.07, 6.45) is 19.3. The molecule has 0 saturated heterocycles. The highest BCUT2D eigenvalue weighted by molar-refractivity contribution is 5.99. The third-order valence-electron chi connectivity index (χ3n) is 6.90. The zero-order valence-electron chi connectivity index (χ0n) is 23.8. The maximum atomic E-state index is 13.8. The minimum absolute atomic E-state index is 0.103. The number of halogens is 5. The normalized spacial score (nSPS) is 11.6. The van der Waals surface area contributed by atoms with Crippen LogP contribution in [0, 0.1) is 34.5 Å². The second kappa shape index (κ2) is 19.0. The SMILES string of the molecule is CCCCCCCCCCCCCCCCCCOC(=O)C(C)(C)C(=O)OCc1c(F)c(F)c(F)c(F)c1F. The molecule has 0 fully saturated rings. The zero-order valence-corrected chi connectivity index (χ0v) is 23.8. The average molecular weight is 565 g/mol. The van der Waals surface area contributed by atoms with Crippen LogP contribution in [0.25, 0.3) is 0 Å². The first-order valence-corrected chi connectivity index (χ1v) is 14.4. The molecule has 39 heavy (non-hydrogen) atoms. The summed E-state index contributed by atoms with van der Waals surface area (Å²) in [4.78, 5) is 24.6. The van der Waals surface area contributed by atoms with Crippen molar-refractivity contribution < 1.29 is 41.0 Å². The van der Waals surface area contributed by atoms with Gasteiger partial charge < -0.3 is 9.47 Å². The molecule has 0 N–H and O–H groups in total. The van der Waals surface area contributed by atoms with Gasteiger partial charge in [-0.1, -0.05) is 103 Å². The van der Waals surface area contributed by atoms with Crippen LogP contribution in [0.1, 0.15) is 129 Å². The lowest BCUT2D eigenvalue weighted by atomic mass is 9.94. The summed E-state index contributed by atoms with van der Waals surface area (Å²) < 4.78 is 77.1. The number of esters is 2. The first-order valence-electron chi connectivity index (χ1n) is 14.4. The van der Waals surface area contributed by atoms with Crippen LogP contribution in [0.4, 0.5) is 22.0 Å². The number of benzene rings is 1. The van der Waals surface area contributed by atoms with Gasteiger partial charge in [0.05, 0.1) is 12.2 Å². The molecule has 0 heterocycles. The van der Waals surface area contributed by atoms with E-state index in [1.165, 1.54) is 90.9 Å². The van der Waals surface area contributed by atoms with Crippen molar-refractivity contribution in [1.29, 1.82) is 0 Å². The maximum Gasteiger partial charge on any atom is 0.323 e. The Morgan fingerprint density at radius 3 is 1.28 bits per heavy atom. The number of hydrogen-bond donors (Lipinski definition) is 0. The lowest BCUT2D eigenvalue weighted by molar-refractivity contribution is -0.170. The Hall–Kier alpha value is -2.19. The summed E-state index contributed by atoms with van der Waals surface area (Å²) in [6, 6.07) is 0. The van der Waals surface area contributed by atoms with Gasteiger partial charge in [0.2, 0.25) is 5.82 Å². The van der Waals surface area contributed by atoms with E-state index in [2.05, 4.69) is 11.7 Å². The Morgan fingerprint density at radius 1 is 0.538 bits per heavy atom. The average Bonchev–Trinajstić information content (AvgIpc) is 2.92. The summed E-state index contributed by atoms with van der Waals surface area (Å²) >= 11 is 0. The molecule has 0 bridgehead atoms. The van der Waals surface area contributed by atoms with E-state index in [4.69, 9.17) is 4.74 Å². The molecular formula is C30H45F5O4. The highest BCUT2D eigenvalue weighted by Crippen LogP contribution is 2.26. The van der Waals surface area contributed by atoms with Crippen LogP contribution < -0.4 is 0 Å². The molecule has 0 aromatic heterocycles. The predicted octanol–water partition coefficient (Wildman–Crippen LogP) is 9.26. The van der Waals surface area contributed by atoms with Gasteiger partial charge in [-0.05, 0) is 20.3 Å². The van der Waals surface area contributed by atoms with Gasteiger partial charge in [0.25, 0.3) is 0 Å². The molecule has 0 amide bonds. The van der Waals surface area contributed by atoms with Crippen molar-refractivity contribution >= 4 is 11.9 Å². The first-order chi connectivity index (χ1) is 18.6. The molecule has 0 aliphatic rings. The van der Waals surface area contributed by atoms with Crippen LogP contribution >= 0.6 is 0 Å². The maximum absolute atomic E-state index is 13.8. The van der Waals surface area contributed by atoms with E-state index in [1.807, 2.05) is 0 Å². The number of unbranched alkanes of at least 4 members (excludes halogenated alkanes) is 15. The number of hydrogen-bond acceptors (Lipinski definition) is 4. The van der Waals surface area contributed by atoms with E-state index in [0.717, 1.165) is 19.3 Å². The molecule has 1 rings (SSSR count). The fraction of sp³-hybridized carbons (Fsp3) is 0.733. The van der Waals surface area contributed by atoms with Gasteiger partial charge in [-0.3, -0.25) is 9.59 Å². The number of rotatable bonds is 21. The standard InChI is InChI=1S/C30H45F5O4/c1-4-5-6-7-8-9-10-11-12-13-14-15-16-17-18-19-20-38-28(36)30(2,3)29(37)39-21-22-23(31)25(33)27(35)26(34)24(22)32/h4-21H2,1-3H3. The van der Waals surface area contributed by atoms with Gasteiger partial charge in [0.1, 0.15) is 6.61 Å². The third-order valence-corrected chi connectivity index (χ3v) is 6.90. The van der Waals surface area contributed by atoms with E-state index in [0.29, 0.717) is 6.42 Å². The van der Waals surface area contributed by atoms with Gasteiger partial charge in [-0.2, -0.15) is 0 Å². The summed E-state index contributed by atoms with van der Waals surface area (Å²) in [5, 5.41) is 0. The summed E-state index contributed by atoms with van der Waals surface area (Å²) in [5.41, 5.74) is -3.11. The quantitative estimate of drug-likeness (QED) is 0.0373. The third kappa shape index (κ3) is 12.2. The van der Waals surface area contributed by atoms with Crippen LogP contribution in [0.2, 0.25) is 0 Å². The molecule has 0 aliphatic heterocycles. The van der Waals surface area contributed by atoms with E-state index in [-0.39, 0.29) is 6.61 Å². The fourth-order valence-electron chi connectivity index (χ4n) is 4.17. The topological polar surface area (TPSA) is 52.6 Å². The zero-order chi connectivity index (χ0) is 29.3. The van der Waals surface area contributed by atoms with Gasteiger partial charge in [-0.25, -0.2) is 22.0 Å². The molecular weight excluding hydrogens is 519 g/mol. The lowest BCUT2D eigenvalue weighted by Gasteiger charge is -2.21. The predicted molar refractivity (Wildman–Crippen MR) is 140 cm³/mol. The van der Waals surface area contributed by atoms with Crippen LogP contribution in [0.5, 0.6) is 0 Å². The van der Waals surface area contributed by atoms with Crippen LogP contribution in [-0.4, -0.2) is 18.5 Å². The van der Waals surface area contributed by atoms with Crippen molar-refractivity contribution in [1.82, 2.24) is 0 Å². The Bertz CT molecular complexity index is 860. The molecule has 9 heteroatoms. The Labute approximate surface area is 230 Å². The Morgan fingerprint density at radius 2 is 0.872 bits per heavy atom. The van der Waals surface area contributed by atoms with E-state index >= 15 is 0 Å². The van der Waals surface area contributed by atoms with Gasteiger partial charge in [-0.15, -0.1) is 0 Å². The smallest absolute Gasteiger partial charge is 0.323 e. The molecule has 1 aromatic rings. The van der Waals surface area contributed by atoms with Gasteiger partial charge in [0, 0.05) is 0 Å². The molecule has 4 nitrogen and oxygen atoms in total. The largest absolute Gasteiger partial charge is 0.465 e. The van der Waals surface area contributed by atoms with Crippen molar-refractivity contribution in [3.05, 3.63) is 34.6 Å². The Balaban J connectivity index is 2.16. The molecule has 224 valence electrons. The summed E-state index contributed by atoms with van der Waals surface area (Å²) in [5.74, 6) is -12.9. The van der Waals surface area contributed by atoms with Gasteiger partial charge in [0.15, 0.2) is 28.7 Å². The molecule has 0 radical (unpaired) electrons. The fourth-order valence-corrected chi connectivity index (χ4v) is 4.17. The molecule has 0 atom stereocenters. The van der Waals surface area contributed by atoms with Crippen LogP contribution in [0.15, 0.2) is 0 Å². The van der Waals surface area contributed by atoms with E-state index in [9.17, 15) is 31.5 Å².